The van der Waals surface area contributed by atoms with Crippen LogP contribution in [0.4, 0.5) is 5.69 Å². The van der Waals surface area contributed by atoms with E-state index in [0.29, 0.717) is 12.1 Å². The summed E-state index contributed by atoms with van der Waals surface area (Å²) < 4.78 is 0. The molecule has 0 spiro atoms. The number of carbonyl (C=O) groups excluding carboxylic acids is 1. The first-order valence-electron chi connectivity index (χ1n) is 8.39. The molecule has 2 aromatic carbocycles. The third kappa shape index (κ3) is 4.08. The van der Waals surface area contributed by atoms with Gasteiger partial charge in [-0.3, -0.25) is 4.79 Å². The number of amides is 1. The van der Waals surface area contributed by atoms with Crippen molar-refractivity contribution in [3.63, 3.8) is 0 Å². The number of anilines is 1. The lowest BCUT2D eigenvalue weighted by Crippen LogP contribution is -2.38. The Labute approximate surface area is 149 Å². The van der Waals surface area contributed by atoms with Gasteiger partial charge in [0.15, 0.2) is 0 Å². The molecule has 0 radical (unpaired) electrons. The third-order valence-corrected chi connectivity index (χ3v) is 4.70. The van der Waals surface area contributed by atoms with E-state index in [1.54, 1.807) is 24.1 Å². The highest BCUT2D eigenvalue weighted by molar-refractivity contribution is 5.99. The maximum Gasteiger partial charge on any atom is 0.335 e. The van der Waals surface area contributed by atoms with Gasteiger partial charge in [-0.25, -0.2) is 4.79 Å². The van der Waals surface area contributed by atoms with E-state index in [2.05, 4.69) is 0 Å². The van der Waals surface area contributed by atoms with Gasteiger partial charge in [-0.05, 0) is 42.7 Å². The van der Waals surface area contributed by atoms with Crippen LogP contribution in [-0.4, -0.2) is 24.0 Å². The van der Waals surface area contributed by atoms with Crippen molar-refractivity contribution in [3.05, 3.63) is 53.6 Å². The van der Waals surface area contributed by atoms with Crippen molar-refractivity contribution in [1.82, 2.24) is 0 Å². The molecule has 25 heavy (non-hydrogen) atoms. The van der Waals surface area contributed by atoms with Gasteiger partial charge in [-0.1, -0.05) is 50.6 Å². The number of carboxylic acids is 1. The largest absolute Gasteiger partial charge is 0.478 e. The van der Waals surface area contributed by atoms with Crippen molar-refractivity contribution in [2.75, 3.05) is 11.9 Å². The van der Waals surface area contributed by atoms with Gasteiger partial charge in [0.25, 0.3) is 0 Å². The zero-order valence-corrected chi connectivity index (χ0v) is 15.5. The molecular formula is C21H25NO3. The molecule has 0 atom stereocenters. The van der Waals surface area contributed by atoms with Crippen molar-refractivity contribution in [2.45, 2.75) is 34.1 Å². The summed E-state index contributed by atoms with van der Waals surface area (Å²) in [5.74, 6) is -1.04. The Hall–Kier alpha value is -2.62. The molecule has 2 aromatic rings. The summed E-state index contributed by atoms with van der Waals surface area (Å²) in [6.07, 6.45) is 0.708. The lowest BCUT2D eigenvalue weighted by Gasteiger charge is -2.29. The third-order valence-electron chi connectivity index (χ3n) is 4.70. The van der Waals surface area contributed by atoms with E-state index in [9.17, 15) is 14.7 Å². The van der Waals surface area contributed by atoms with Crippen LogP contribution in [0.5, 0.6) is 0 Å². The quantitative estimate of drug-likeness (QED) is 0.854. The Bertz CT molecular complexity index is 791. The molecule has 2 rings (SSSR count). The maximum atomic E-state index is 12.7. The summed E-state index contributed by atoms with van der Waals surface area (Å²) in [4.78, 5) is 25.8. The standard InChI is InChI=1S/C21H25NO3/c1-6-21(3,4)20(25)22(5)18-12-16(11-17(13-18)19(23)24)15-9-7-14(2)8-10-15/h7-13H,6H2,1-5H3,(H,23,24). The van der Waals surface area contributed by atoms with E-state index in [1.165, 1.54) is 0 Å². The van der Waals surface area contributed by atoms with E-state index in [0.717, 1.165) is 16.7 Å². The van der Waals surface area contributed by atoms with E-state index in [-0.39, 0.29) is 11.5 Å². The minimum Gasteiger partial charge on any atom is -0.478 e. The highest BCUT2D eigenvalue weighted by Gasteiger charge is 2.29. The molecule has 0 bridgehead atoms. The molecule has 4 heteroatoms. The Morgan fingerprint density at radius 3 is 2.16 bits per heavy atom. The molecule has 132 valence electrons. The molecule has 0 unspecified atom stereocenters. The first kappa shape index (κ1) is 18.7. The molecule has 1 amide bonds. The summed E-state index contributed by atoms with van der Waals surface area (Å²) in [5.41, 5.74) is 3.09. The molecule has 0 heterocycles. The summed E-state index contributed by atoms with van der Waals surface area (Å²) >= 11 is 0. The van der Waals surface area contributed by atoms with Crippen molar-refractivity contribution < 1.29 is 14.7 Å². The molecule has 0 aliphatic heterocycles. The van der Waals surface area contributed by atoms with Gasteiger partial charge in [-0.15, -0.1) is 0 Å². The Morgan fingerprint density at radius 1 is 1.04 bits per heavy atom. The number of carbonyl (C=O) groups is 2. The van der Waals surface area contributed by atoms with E-state index in [1.807, 2.05) is 58.0 Å². The Morgan fingerprint density at radius 2 is 1.64 bits per heavy atom. The van der Waals surface area contributed by atoms with Crippen LogP contribution >= 0.6 is 0 Å². The molecule has 0 aliphatic carbocycles. The first-order chi connectivity index (χ1) is 11.7. The summed E-state index contributed by atoms with van der Waals surface area (Å²) in [6, 6.07) is 12.9. The van der Waals surface area contributed by atoms with Crippen LogP contribution in [0.3, 0.4) is 0 Å². The van der Waals surface area contributed by atoms with Crippen LogP contribution < -0.4 is 4.90 Å². The molecule has 0 fully saturated rings. The Balaban J connectivity index is 2.53. The maximum absolute atomic E-state index is 12.7. The number of hydrogen-bond acceptors (Lipinski definition) is 2. The monoisotopic (exact) mass is 339 g/mol. The predicted molar refractivity (Wildman–Crippen MR) is 101 cm³/mol. The van der Waals surface area contributed by atoms with Gasteiger partial charge >= 0.3 is 5.97 Å². The number of hydrogen-bond donors (Lipinski definition) is 1. The zero-order valence-electron chi connectivity index (χ0n) is 15.5. The number of carboxylic acid groups (broad SMARTS) is 1. The van der Waals surface area contributed by atoms with E-state index < -0.39 is 11.4 Å². The predicted octanol–water partition coefficient (Wildman–Crippen LogP) is 4.76. The zero-order chi connectivity index (χ0) is 18.8. The number of benzene rings is 2. The average molecular weight is 339 g/mol. The number of nitrogens with zero attached hydrogens (tertiary/aromatic N) is 1. The minimum absolute atomic E-state index is 0.0348. The molecule has 0 aromatic heterocycles. The minimum atomic E-state index is -1.01. The van der Waals surface area contributed by atoms with Crippen molar-refractivity contribution in [1.29, 1.82) is 0 Å². The SMILES string of the molecule is CCC(C)(C)C(=O)N(C)c1cc(C(=O)O)cc(-c2ccc(C)cc2)c1. The van der Waals surface area contributed by atoms with Crippen molar-refractivity contribution >= 4 is 17.6 Å². The fraction of sp³-hybridized carbons (Fsp3) is 0.333. The summed E-state index contributed by atoms with van der Waals surface area (Å²) in [6.45, 7) is 7.76. The highest BCUT2D eigenvalue weighted by Crippen LogP contribution is 2.30. The van der Waals surface area contributed by atoms with Crippen LogP contribution in [0.15, 0.2) is 42.5 Å². The van der Waals surface area contributed by atoms with Crippen LogP contribution in [0.25, 0.3) is 11.1 Å². The van der Waals surface area contributed by atoms with Crippen LogP contribution in [0.2, 0.25) is 0 Å². The lowest BCUT2D eigenvalue weighted by molar-refractivity contribution is -0.126. The van der Waals surface area contributed by atoms with Crippen LogP contribution in [0.1, 0.15) is 43.1 Å². The average Bonchev–Trinajstić information content (AvgIpc) is 2.60. The molecular weight excluding hydrogens is 314 g/mol. The van der Waals surface area contributed by atoms with Gasteiger partial charge in [0, 0.05) is 18.2 Å². The number of aromatic carboxylic acids is 1. The second-order valence-corrected chi connectivity index (χ2v) is 7.04. The van der Waals surface area contributed by atoms with Gasteiger partial charge in [0.05, 0.1) is 5.56 Å². The normalized spacial score (nSPS) is 11.2. The number of aryl methyl sites for hydroxylation is 1. The summed E-state index contributed by atoms with van der Waals surface area (Å²) in [7, 11) is 1.69. The molecule has 0 aliphatic rings. The van der Waals surface area contributed by atoms with Crippen molar-refractivity contribution in [2.24, 2.45) is 5.41 Å². The van der Waals surface area contributed by atoms with Gasteiger partial charge in [0.1, 0.15) is 0 Å². The highest BCUT2D eigenvalue weighted by atomic mass is 16.4. The number of rotatable bonds is 5. The summed E-state index contributed by atoms with van der Waals surface area (Å²) in [5, 5.41) is 9.45. The first-order valence-corrected chi connectivity index (χ1v) is 8.39. The lowest BCUT2D eigenvalue weighted by atomic mass is 9.88. The van der Waals surface area contributed by atoms with E-state index >= 15 is 0 Å². The second kappa shape index (κ2) is 7.09. The fourth-order valence-corrected chi connectivity index (χ4v) is 2.56. The van der Waals surface area contributed by atoms with Gasteiger partial charge in [0.2, 0.25) is 5.91 Å². The smallest absolute Gasteiger partial charge is 0.335 e. The molecule has 0 saturated heterocycles. The molecule has 4 nitrogen and oxygen atoms in total. The van der Waals surface area contributed by atoms with Crippen LogP contribution in [-0.2, 0) is 4.79 Å². The molecule has 1 N–H and O–H groups in total. The topological polar surface area (TPSA) is 57.6 Å². The van der Waals surface area contributed by atoms with Gasteiger partial charge < -0.3 is 10.0 Å². The second-order valence-electron chi connectivity index (χ2n) is 7.04. The molecule has 0 saturated carbocycles. The fourth-order valence-electron chi connectivity index (χ4n) is 2.56. The van der Waals surface area contributed by atoms with Crippen molar-refractivity contribution in [3.8, 4) is 11.1 Å². The van der Waals surface area contributed by atoms with Gasteiger partial charge in [-0.2, -0.15) is 0 Å². The van der Waals surface area contributed by atoms with E-state index in [4.69, 9.17) is 0 Å². The Kier molecular flexibility index (Phi) is 5.31. The van der Waals surface area contributed by atoms with Crippen LogP contribution in [0, 0.1) is 12.3 Å².